The summed E-state index contributed by atoms with van der Waals surface area (Å²) in [7, 11) is -3.16. The molecule has 8 nitrogen and oxygen atoms in total. The van der Waals surface area contributed by atoms with Gasteiger partial charge in [0.15, 0.2) is 9.84 Å². The Labute approximate surface area is 163 Å². The van der Waals surface area contributed by atoms with Crippen LogP contribution in [0, 0.1) is 17.0 Å². The molecule has 0 saturated carbocycles. The van der Waals surface area contributed by atoms with Gasteiger partial charge in [0.05, 0.1) is 29.0 Å². The third-order valence-corrected chi connectivity index (χ3v) is 6.49. The lowest BCUT2D eigenvalue weighted by molar-refractivity contribution is -0.384. The molecule has 1 aliphatic heterocycles. The van der Waals surface area contributed by atoms with E-state index in [1.165, 1.54) is 17.0 Å². The second kappa shape index (κ2) is 7.97. The highest BCUT2D eigenvalue weighted by molar-refractivity contribution is 7.91. The lowest BCUT2D eigenvalue weighted by Crippen LogP contribution is -2.44. The van der Waals surface area contributed by atoms with E-state index in [1.54, 1.807) is 37.3 Å². The Hall–Kier alpha value is -2.94. The average Bonchev–Trinajstić information content (AvgIpc) is 3.01. The van der Waals surface area contributed by atoms with Gasteiger partial charge in [-0.3, -0.25) is 14.9 Å². The largest absolute Gasteiger partial charge is 0.376 e. The summed E-state index contributed by atoms with van der Waals surface area (Å²) in [5, 5.41) is 13.9. The number of benzene rings is 2. The first-order valence-corrected chi connectivity index (χ1v) is 10.7. The van der Waals surface area contributed by atoms with Crippen LogP contribution in [0.1, 0.15) is 12.0 Å². The van der Waals surface area contributed by atoms with Gasteiger partial charge in [0.1, 0.15) is 0 Å². The number of hydrogen-bond acceptors (Lipinski definition) is 6. The molecule has 1 heterocycles. The fraction of sp³-hybridized carbons (Fsp3) is 0.316. The molecule has 28 heavy (non-hydrogen) atoms. The van der Waals surface area contributed by atoms with Crippen molar-refractivity contribution in [1.82, 2.24) is 0 Å². The van der Waals surface area contributed by atoms with Crippen molar-refractivity contribution in [3.63, 3.8) is 0 Å². The van der Waals surface area contributed by atoms with Crippen LogP contribution < -0.4 is 10.2 Å². The SMILES string of the molecule is Cc1ccc([N+](=O)[O-])cc1NCC(=O)N(c1ccccc1)[C@H]1CCS(=O)(=O)C1. The Bertz CT molecular complexity index is 992. The maximum absolute atomic E-state index is 13.0. The van der Waals surface area contributed by atoms with Gasteiger partial charge in [-0.25, -0.2) is 8.42 Å². The molecule has 1 N–H and O–H groups in total. The van der Waals surface area contributed by atoms with Crippen LogP contribution in [0.3, 0.4) is 0 Å². The molecule has 3 rings (SSSR count). The van der Waals surface area contributed by atoms with E-state index < -0.39 is 20.8 Å². The number of sulfone groups is 1. The zero-order valence-electron chi connectivity index (χ0n) is 15.4. The smallest absolute Gasteiger partial charge is 0.271 e. The zero-order valence-corrected chi connectivity index (χ0v) is 16.2. The number of nitro groups is 1. The third kappa shape index (κ3) is 4.48. The third-order valence-electron chi connectivity index (χ3n) is 4.74. The van der Waals surface area contributed by atoms with Crippen molar-refractivity contribution in [2.75, 3.05) is 28.3 Å². The fourth-order valence-corrected chi connectivity index (χ4v) is 5.00. The van der Waals surface area contributed by atoms with E-state index >= 15 is 0 Å². The van der Waals surface area contributed by atoms with Gasteiger partial charge in [-0.15, -0.1) is 0 Å². The zero-order chi connectivity index (χ0) is 20.3. The maximum atomic E-state index is 13.0. The van der Waals surface area contributed by atoms with Crippen LogP contribution in [0.25, 0.3) is 0 Å². The molecule has 1 saturated heterocycles. The van der Waals surface area contributed by atoms with Gasteiger partial charge in [-0.05, 0) is 31.0 Å². The fourth-order valence-electron chi connectivity index (χ4n) is 3.30. The first kappa shape index (κ1) is 19.8. The van der Waals surface area contributed by atoms with Crippen molar-refractivity contribution in [1.29, 1.82) is 0 Å². The monoisotopic (exact) mass is 403 g/mol. The highest BCUT2D eigenvalue weighted by atomic mass is 32.2. The second-order valence-corrected chi connectivity index (χ2v) is 8.99. The molecule has 0 radical (unpaired) electrons. The van der Waals surface area contributed by atoms with Crippen LogP contribution in [-0.2, 0) is 14.6 Å². The minimum absolute atomic E-state index is 0.0612. The molecule has 0 spiro atoms. The van der Waals surface area contributed by atoms with Crippen molar-refractivity contribution in [3.8, 4) is 0 Å². The van der Waals surface area contributed by atoms with Crippen LogP contribution in [0.5, 0.6) is 0 Å². The summed E-state index contributed by atoms with van der Waals surface area (Å²) in [4.78, 5) is 25.0. The molecule has 2 aromatic carbocycles. The topological polar surface area (TPSA) is 110 Å². The molecule has 0 unspecified atom stereocenters. The number of anilines is 2. The van der Waals surface area contributed by atoms with Gasteiger partial charge < -0.3 is 10.2 Å². The van der Waals surface area contributed by atoms with Crippen LogP contribution in [0.2, 0.25) is 0 Å². The van der Waals surface area contributed by atoms with Crippen molar-refractivity contribution in [2.24, 2.45) is 0 Å². The molecule has 148 valence electrons. The van der Waals surface area contributed by atoms with Crippen LogP contribution in [0.4, 0.5) is 17.1 Å². The van der Waals surface area contributed by atoms with Crippen molar-refractivity contribution in [2.45, 2.75) is 19.4 Å². The number of carbonyl (C=O) groups is 1. The predicted molar refractivity (Wildman–Crippen MR) is 107 cm³/mol. The number of carbonyl (C=O) groups excluding carboxylic acids is 1. The Morgan fingerprint density at radius 2 is 1.96 bits per heavy atom. The summed E-state index contributed by atoms with van der Waals surface area (Å²) in [5.74, 6) is -0.297. The molecular formula is C19H21N3O5S. The second-order valence-electron chi connectivity index (χ2n) is 6.77. The molecule has 1 fully saturated rings. The molecule has 0 aliphatic carbocycles. The summed E-state index contributed by atoms with van der Waals surface area (Å²) in [6, 6.07) is 12.9. The number of non-ortho nitro benzene ring substituents is 1. The number of nitrogens with zero attached hydrogens (tertiary/aromatic N) is 2. The summed E-state index contributed by atoms with van der Waals surface area (Å²) < 4.78 is 23.8. The molecule has 0 bridgehead atoms. The number of nitrogens with one attached hydrogen (secondary N) is 1. The summed E-state index contributed by atoms with van der Waals surface area (Å²) in [6.45, 7) is 1.68. The first-order valence-electron chi connectivity index (χ1n) is 8.83. The van der Waals surface area contributed by atoms with Gasteiger partial charge in [0, 0.05) is 23.5 Å². The van der Waals surface area contributed by atoms with E-state index in [-0.39, 0.29) is 29.6 Å². The minimum atomic E-state index is -3.16. The lowest BCUT2D eigenvalue weighted by atomic mass is 10.1. The van der Waals surface area contributed by atoms with Gasteiger partial charge in [0.2, 0.25) is 5.91 Å². The number of para-hydroxylation sites is 1. The molecule has 1 atom stereocenters. The number of rotatable bonds is 6. The highest BCUT2D eigenvalue weighted by Gasteiger charge is 2.35. The van der Waals surface area contributed by atoms with Crippen LogP contribution in [-0.4, -0.2) is 43.3 Å². The molecule has 2 aromatic rings. The Morgan fingerprint density at radius 3 is 2.57 bits per heavy atom. The van der Waals surface area contributed by atoms with E-state index in [0.29, 0.717) is 17.8 Å². The van der Waals surface area contributed by atoms with Crippen LogP contribution in [0.15, 0.2) is 48.5 Å². The summed E-state index contributed by atoms with van der Waals surface area (Å²) >= 11 is 0. The Balaban J connectivity index is 1.81. The van der Waals surface area contributed by atoms with Crippen molar-refractivity contribution in [3.05, 3.63) is 64.2 Å². The lowest BCUT2D eigenvalue weighted by Gasteiger charge is -2.28. The van der Waals surface area contributed by atoms with Gasteiger partial charge in [-0.1, -0.05) is 24.3 Å². The van der Waals surface area contributed by atoms with Gasteiger partial charge in [-0.2, -0.15) is 0 Å². The van der Waals surface area contributed by atoms with Crippen LogP contribution >= 0.6 is 0 Å². The molecule has 9 heteroatoms. The Morgan fingerprint density at radius 1 is 1.25 bits per heavy atom. The van der Waals surface area contributed by atoms with Gasteiger partial charge in [0.25, 0.3) is 5.69 Å². The van der Waals surface area contributed by atoms with Gasteiger partial charge >= 0.3 is 0 Å². The predicted octanol–water partition coefficient (Wildman–Crippen LogP) is 2.54. The average molecular weight is 403 g/mol. The quantitative estimate of drug-likeness (QED) is 0.586. The first-order chi connectivity index (χ1) is 13.3. The Kier molecular flexibility index (Phi) is 5.64. The van der Waals surface area contributed by atoms with Crippen molar-refractivity contribution < 1.29 is 18.1 Å². The number of hydrogen-bond donors (Lipinski definition) is 1. The standard InChI is InChI=1S/C19H21N3O5S/c1-14-7-8-16(22(24)25)11-18(14)20-12-19(23)21(15-5-3-2-4-6-15)17-9-10-28(26,27)13-17/h2-8,11,17,20H,9-10,12-13H2,1H3/t17-/m0/s1. The molecular weight excluding hydrogens is 382 g/mol. The number of nitro benzene ring substituents is 1. The summed E-state index contributed by atoms with van der Waals surface area (Å²) in [6.07, 6.45) is 0.388. The van der Waals surface area contributed by atoms with E-state index in [4.69, 9.17) is 0 Å². The van der Waals surface area contributed by atoms with E-state index in [1.807, 2.05) is 6.07 Å². The minimum Gasteiger partial charge on any atom is -0.376 e. The van der Waals surface area contributed by atoms with E-state index in [2.05, 4.69) is 5.32 Å². The van der Waals surface area contributed by atoms with E-state index in [0.717, 1.165) is 5.56 Å². The normalized spacial score (nSPS) is 17.8. The summed E-state index contributed by atoms with van der Waals surface area (Å²) in [5.41, 5.74) is 1.83. The maximum Gasteiger partial charge on any atom is 0.271 e. The number of amides is 1. The molecule has 1 aliphatic rings. The van der Waals surface area contributed by atoms with E-state index in [9.17, 15) is 23.3 Å². The van der Waals surface area contributed by atoms with Crippen molar-refractivity contribution >= 4 is 32.8 Å². The molecule has 1 amide bonds. The highest BCUT2D eigenvalue weighted by Crippen LogP contribution is 2.26. The molecule has 0 aromatic heterocycles. The number of aryl methyl sites for hydroxylation is 1.